The van der Waals surface area contributed by atoms with Crippen LogP contribution in [0.25, 0.3) is 0 Å². The highest BCUT2D eigenvalue weighted by atomic mass is 16.5. The maximum Gasteiger partial charge on any atom is 0.146 e. The van der Waals surface area contributed by atoms with Crippen molar-refractivity contribution in [3.05, 3.63) is 77.9 Å². The van der Waals surface area contributed by atoms with Gasteiger partial charge in [0.2, 0.25) is 0 Å². The number of aliphatic imine (C=N–C) groups is 1. The molecule has 0 saturated carbocycles. The maximum absolute atomic E-state index is 5.83. The van der Waals surface area contributed by atoms with Crippen LogP contribution < -0.4 is 9.47 Å². The van der Waals surface area contributed by atoms with Crippen LogP contribution in [0.4, 0.5) is 0 Å². The van der Waals surface area contributed by atoms with Gasteiger partial charge < -0.3 is 9.47 Å². The molecular weight excluding hydrogens is 302 g/mol. The molecule has 118 valence electrons. The van der Waals surface area contributed by atoms with Gasteiger partial charge in [0.15, 0.2) is 0 Å². The van der Waals surface area contributed by atoms with Gasteiger partial charge in [-0.2, -0.15) is 0 Å². The lowest BCUT2D eigenvalue weighted by Crippen LogP contribution is -2.04. The first kappa shape index (κ1) is 14.4. The first-order valence-electron chi connectivity index (χ1n) is 7.60. The number of aromatic nitrogens is 2. The number of pyridine rings is 2. The number of fused-ring (bicyclic) bond motifs is 1. The van der Waals surface area contributed by atoms with Crippen LogP contribution >= 0.6 is 0 Å². The zero-order valence-electron chi connectivity index (χ0n) is 13.1. The smallest absolute Gasteiger partial charge is 0.146 e. The standard InChI is InChI=1S/C19H15N3O2/c1-23-18-7-3-2-6-15(18)19-16-9-14(11-21-17(16)12-22-19)24-13-5-4-8-20-10-13/h2-11H,12H2,1H3. The van der Waals surface area contributed by atoms with Gasteiger partial charge in [0, 0.05) is 17.3 Å². The number of benzene rings is 1. The van der Waals surface area contributed by atoms with Crippen molar-refractivity contribution in [1.29, 1.82) is 0 Å². The second-order valence-corrected chi connectivity index (χ2v) is 5.32. The molecule has 24 heavy (non-hydrogen) atoms. The minimum Gasteiger partial charge on any atom is -0.496 e. The summed E-state index contributed by atoms with van der Waals surface area (Å²) in [5.74, 6) is 2.13. The number of hydrogen-bond donors (Lipinski definition) is 0. The van der Waals surface area contributed by atoms with Crippen molar-refractivity contribution < 1.29 is 9.47 Å². The summed E-state index contributed by atoms with van der Waals surface area (Å²) in [4.78, 5) is 13.2. The summed E-state index contributed by atoms with van der Waals surface area (Å²) in [6.45, 7) is 0.565. The van der Waals surface area contributed by atoms with Crippen LogP contribution in [0, 0.1) is 0 Å². The normalized spacial score (nSPS) is 12.5. The van der Waals surface area contributed by atoms with Gasteiger partial charge in [-0.3, -0.25) is 15.0 Å². The maximum atomic E-state index is 5.83. The van der Waals surface area contributed by atoms with E-state index in [1.807, 2.05) is 42.5 Å². The van der Waals surface area contributed by atoms with Crippen molar-refractivity contribution in [3.63, 3.8) is 0 Å². The second-order valence-electron chi connectivity index (χ2n) is 5.32. The molecule has 3 heterocycles. The van der Waals surface area contributed by atoms with Crippen LogP contribution in [0.1, 0.15) is 16.8 Å². The van der Waals surface area contributed by atoms with E-state index in [1.54, 1.807) is 25.7 Å². The highest BCUT2D eigenvalue weighted by Gasteiger charge is 2.22. The van der Waals surface area contributed by atoms with Crippen LogP contribution in [0.3, 0.4) is 0 Å². The predicted molar refractivity (Wildman–Crippen MR) is 90.9 cm³/mol. The fourth-order valence-corrected chi connectivity index (χ4v) is 2.71. The van der Waals surface area contributed by atoms with Gasteiger partial charge >= 0.3 is 0 Å². The first-order chi connectivity index (χ1) is 11.8. The highest BCUT2D eigenvalue weighted by Crippen LogP contribution is 2.30. The summed E-state index contributed by atoms with van der Waals surface area (Å²) in [5, 5.41) is 0. The van der Waals surface area contributed by atoms with E-state index in [2.05, 4.69) is 15.0 Å². The van der Waals surface area contributed by atoms with Gasteiger partial charge in [0.1, 0.15) is 17.2 Å². The van der Waals surface area contributed by atoms with Crippen molar-refractivity contribution in [2.24, 2.45) is 4.99 Å². The molecule has 0 unspecified atom stereocenters. The lowest BCUT2D eigenvalue weighted by Gasteiger charge is -2.10. The molecule has 0 radical (unpaired) electrons. The van der Waals surface area contributed by atoms with E-state index in [-0.39, 0.29) is 0 Å². The van der Waals surface area contributed by atoms with Crippen LogP contribution in [-0.4, -0.2) is 22.8 Å². The topological polar surface area (TPSA) is 56.6 Å². The zero-order valence-corrected chi connectivity index (χ0v) is 13.1. The first-order valence-corrected chi connectivity index (χ1v) is 7.60. The van der Waals surface area contributed by atoms with Crippen LogP contribution in [0.5, 0.6) is 17.2 Å². The fraction of sp³-hybridized carbons (Fsp3) is 0.105. The van der Waals surface area contributed by atoms with Gasteiger partial charge in [-0.15, -0.1) is 0 Å². The van der Waals surface area contributed by atoms with Crippen LogP contribution in [0.2, 0.25) is 0 Å². The fourth-order valence-electron chi connectivity index (χ4n) is 2.71. The summed E-state index contributed by atoms with van der Waals surface area (Å²) in [6, 6.07) is 13.5. The van der Waals surface area contributed by atoms with E-state index in [4.69, 9.17) is 9.47 Å². The number of rotatable bonds is 4. The number of para-hydroxylation sites is 1. The lowest BCUT2D eigenvalue weighted by molar-refractivity contribution is 0.414. The average molecular weight is 317 g/mol. The van der Waals surface area contributed by atoms with Crippen molar-refractivity contribution in [3.8, 4) is 17.2 Å². The lowest BCUT2D eigenvalue weighted by atomic mass is 10.0. The molecule has 2 aromatic heterocycles. The monoisotopic (exact) mass is 317 g/mol. The quantitative estimate of drug-likeness (QED) is 0.737. The van der Waals surface area contributed by atoms with Crippen molar-refractivity contribution in [2.45, 2.75) is 6.54 Å². The Hall–Kier alpha value is -3.21. The molecule has 5 heteroatoms. The molecule has 0 atom stereocenters. The Balaban J connectivity index is 1.70. The average Bonchev–Trinajstić information content (AvgIpc) is 3.05. The molecule has 1 aliphatic heterocycles. The highest BCUT2D eigenvalue weighted by molar-refractivity contribution is 6.16. The number of ether oxygens (including phenoxy) is 2. The molecule has 0 bridgehead atoms. The Morgan fingerprint density at radius 1 is 0.958 bits per heavy atom. The van der Waals surface area contributed by atoms with Crippen molar-refractivity contribution >= 4 is 5.71 Å². The predicted octanol–water partition coefficient (Wildman–Crippen LogP) is 3.63. The molecule has 1 aromatic carbocycles. The summed E-state index contributed by atoms with van der Waals surface area (Å²) in [7, 11) is 1.66. The Labute approximate surface area is 139 Å². The Kier molecular flexibility index (Phi) is 3.67. The van der Waals surface area contributed by atoms with E-state index >= 15 is 0 Å². The minimum absolute atomic E-state index is 0.565. The molecule has 0 spiro atoms. The molecule has 1 aliphatic rings. The Bertz CT molecular complexity index is 907. The van der Waals surface area contributed by atoms with E-state index in [1.165, 1.54) is 0 Å². The van der Waals surface area contributed by atoms with Gasteiger partial charge in [0.25, 0.3) is 0 Å². The zero-order chi connectivity index (χ0) is 16.4. The Morgan fingerprint density at radius 3 is 2.71 bits per heavy atom. The third-order valence-electron chi connectivity index (χ3n) is 3.82. The molecule has 0 amide bonds. The summed E-state index contributed by atoms with van der Waals surface area (Å²) in [5.41, 5.74) is 3.75. The largest absolute Gasteiger partial charge is 0.496 e. The molecule has 4 rings (SSSR count). The summed E-state index contributed by atoms with van der Waals surface area (Å²) < 4.78 is 11.3. The van der Waals surface area contributed by atoms with E-state index in [0.29, 0.717) is 18.0 Å². The van der Waals surface area contributed by atoms with Gasteiger partial charge in [0.05, 0.1) is 37.5 Å². The van der Waals surface area contributed by atoms with Crippen molar-refractivity contribution in [1.82, 2.24) is 9.97 Å². The third-order valence-corrected chi connectivity index (χ3v) is 3.82. The SMILES string of the molecule is COc1ccccc1C1=NCc2ncc(Oc3cccnc3)cc21. The number of hydrogen-bond acceptors (Lipinski definition) is 5. The minimum atomic E-state index is 0.565. The van der Waals surface area contributed by atoms with Crippen LogP contribution in [-0.2, 0) is 6.54 Å². The van der Waals surface area contributed by atoms with E-state index in [0.717, 1.165) is 28.3 Å². The molecule has 5 nitrogen and oxygen atoms in total. The van der Waals surface area contributed by atoms with Gasteiger partial charge in [-0.05, 0) is 30.3 Å². The number of methoxy groups -OCH3 is 1. The molecule has 3 aromatic rings. The number of nitrogens with zero attached hydrogens (tertiary/aromatic N) is 3. The van der Waals surface area contributed by atoms with Crippen LogP contribution in [0.15, 0.2) is 66.0 Å². The summed E-state index contributed by atoms with van der Waals surface area (Å²) in [6.07, 6.45) is 5.09. The Morgan fingerprint density at radius 2 is 1.88 bits per heavy atom. The molecule has 0 fully saturated rings. The molecule has 0 aliphatic carbocycles. The van der Waals surface area contributed by atoms with Gasteiger partial charge in [-0.1, -0.05) is 12.1 Å². The van der Waals surface area contributed by atoms with Crippen molar-refractivity contribution in [2.75, 3.05) is 7.11 Å². The second kappa shape index (κ2) is 6.12. The van der Waals surface area contributed by atoms with E-state index in [9.17, 15) is 0 Å². The third kappa shape index (κ3) is 2.60. The van der Waals surface area contributed by atoms with E-state index < -0.39 is 0 Å². The summed E-state index contributed by atoms with van der Waals surface area (Å²) >= 11 is 0. The molecule has 0 N–H and O–H groups in total. The van der Waals surface area contributed by atoms with Gasteiger partial charge in [-0.25, -0.2) is 0 Å². The molecule has 0 saturated heterocycles. The molecular formula is C19H15N3O2.